The van der Waals surface area contributed by atoms with Gasteiger partial charge in [0, 0.05) is 17.6 Å². The number of hydrogen-bond acceptors (Lipinski definition) is 1. The van der Waals surface area contributed by atoms with Crippen molar-refractivity contribution in [2.24, 2.45) is 0 Å². The number of ether oxygens (including phenoxy) is 1. The average molecular weight is 298 g/mol. The maximum absolute atomic E-state index is 6.38. The molecule has 1 atom stereocenters. The molecule has 1 aliphatic rings. The van der Waals surface area contributed by atoms with Crippen LogP contribution in [-0.4, -0.2) is 0 Å². The van der Waals surface area contributed by atoms with Gasteiger partial charge in [-0.3, -0.25) is 0 Å². The van der Waals surface area contributed by atoms with Gasteiger partial charge in [-0.1, -0.05) is 91.0 Å². The Morgan fingerprint density at radius 2 is 1.13 bits per heavy atom. The molecule has 3 aromatic rings. The normalized spacial score (nSPS) is 17.1. The topological polar surface area (TPSA) is 9.23 Å². The van der Waals surface area contributed by atoms with Gasteiger partial charge in [0.05, 0.1) is 0 Å². The summed E-state index contributed by atoms with van der Waals surface area (Å²) in [6, 6.07) is 31.4. The molecular weight excluding hydrogens is 280 g/mol. The van der Waals surface area contributed by atoms with Crippen molar-refractivity contribution in [3.05, 3.63) is 108 Å². The smallest absolute Gasteiger partial charge is 0.131 e. The summed E-state index contributed by atoms with van der Waals surface area (Å²) in [7, 11) is 0. The number of benzene rings is 3. The summed E-state index contributed by atoms with van der Waals surface area (Å²) >= 11 is 0. The summed E-state index contributed by atoms with van der Waals surface area (Å²) in [6.45, 7) is 0. The molecule has 0 aromatic heterocycles. The molecule has 0 saturated heterocycles. The van der Waals surface area contributed by atoms with E-state index in [0.717, 1.165) is 17.7 Å². The van der Waals surface area contributed by atoms with Crippen molar-refractivity contribution < 1.29 is 4.74 Å². The van der Waals surface area contributed by atoms with E-state index in [2.05, 4.69) is 78.9 Å². The van der Waals surface area contributed by atoms with E-state index in [4.69, 9.17) is 4.74 Å². The lowest BCUT2D eigenvalue weighted by Gasteiger charge is -2.13. The molecule has 1 nitrogen and oxygen atoms in total. The van der Waals surface area contributed by atoms with Crippen molar-refractivity contribution in [3.8, 4) is 0 Å². The molecule has 23 heavy (non-hydrogen) atoms. The third kappa shape index (κ3) is 2.78. The van der Waals surface area contributed by atoms with E-state index in [1.54, 1.807) is 0 Å². The molecule has 3 aromatic carbocycles. The fourth-order valence-electron chi connectivity index (χ4n) is 3.11. The molecule has 1 heterocycles. The van der Waals surface area contributed by atoms with E-state index in [1.165, 1.54) is 16.7 Å². The van der Waals surface area contributed by atoms with Gasteiger partial charge in [-0.15, -0.1) is 0 Å². The van der Waals surface area contributed by atoms with Crippen LogP contribution in [-0.2, 0) is 4.74 Å². The average Bonchev–Trinajstić information content (AvgIpc) is 3.09. The summed E-state index contributed by atoms with van der Waals surface area (Å²) in [5.41, 5.74) is 4.90. The van der Waals surface area contributed by atoms with Crippen LogP contribution in [0.25, 0.3) is 11.3 Å². The highest BCUT2D eigenvalue weighted by atomic mass is 16.5. The van der Waals surface area contributed by atoms with Crippen LogP contribution in [0.3, 0.4) is 0 Å². The van der Waals surface area contributed by atoms with Gasteiger partial charge in [-0.25, -0.2) is 0 Å². The van der Waals surface area contributed by atoms with Crippen LogP contribution in [0.4, 0.5) is 0 Å². The third-order valence-corrected chi connectivity index (χ3v) is 4.25. The lowest BCUT2D eigenvalue weighted by Crippen LogP contribution is -1.96. The second-order valence-corrected chi connectivity index (χ2v) is 5.76. The highest BCUT2D eigenvalue weighted by Gasteiger charge is 2.28. The van der Waals surface area contributed by atoms with Gasteiger partial charge in [-0.05, 0) is 11.1 Å². The van der Waals surface area contributed by atoms with E-state index < -0.39 is 0 Å². The molecule has 0 amide bonds. The standard InChI is InChI=1S/C22H18O/c1-4-10-17(11-5-1)20-16-21(18-12-6-2-7-13-18)23-22(20)19-14-8-3-9-15-19/h1-15,21H,16H2. The molecule has 0 spiro atoms. The monoisotopic (exact) mass is 298 g/mol. The van der Waals surface area contributed by atoms with E-state index in [9.17, 15) is 0 Å². The van der Waals surface area contributed by atoms with Crippen LogP contribution in [0.15, 0.2) is 91.0 Å². The van der Waals surface area contributed by atoms with Crippen molar-refractivity contribution in [1.29, 1.82) is 0 Å². The number of hydrogen-bond donors (Lipinski definition) is 0. The molecule has 0 saturated carbocycles. The van der Waals surface area contributed by atoms with Gasteiger partial charge >= 0.3 is 0 Å². The zero-order valence-electron chi connectivity index (χ0n) is 12.9. The minimum atomic E-state index is 0.0848. The first-order valence-electron chi connectivity index (χ1n) is 7.97. The molecule has 1 unspecified atom stereocenters. The predicted molar refractivity (Wildman–Crippen MR) is 94.6 cm³/mol. The molecule has 0 radical (unpaired) electrons. The van der Waals surface area contributed by atoms with E-state index in [-0.39, 0.29) is 6.10 Å². The Morgan fingerprint density at radius 3 is 1.74 bits per heavy atom. The molecule has 112 valence electrons. The molecule has 4 rings (SSSR count). The molecular formula is C22H18O. The second-order valence-electron chi connectivity index (χ2n) is 5.76. The van der Waals surface area contributed by atoms with Crippen LogP contribution >= 0.6 is 0 Å². The maximum Gasteiger partial charge on any atom is 0.131 e. The van der Waals surface area contributed by atoms with Gasteiger partial charge in [0.15, 0.2) is 0 Å². The molecule has 0 bridgehead atoms. The van der Waals surface area contributed by atoms with Gasteiger partial charge in [0.25, 0.3) is 0 Å². The van der Waals surface area contributed by atoms with Crippen LogP contribution in [0.5, 0.6) is 0 Å². The minimum absolute atomic E-state index is 0.0848. The second kappa shape index (κ2) is 6.13. The van der Waals surface area contributed by atoms with E-state index >= 15 is 0 Å². The lowest BCUT2D eigenvalue weighted by atomic mass is 9.96. The Balaban J connectivity index is 1.76. The van der Waals surface area contributed by atoms with Gasteiger partial charge in [0.2, 0.25) is 0 Å². The Labute approximate surface area is 136 Å². The van der Waals surface area contributed by atoms with E-state index in [0.29, 0.717) is 0 Å². The first-order chi connectivity index (χ1) is 11.4. The molecule has 0 N–H and O–H groups in total. The lowest BCUT2D eigenvalue weighted by molar-refractivity contribution is 0.195. The summed E-state index contributed by atoms with van der Waals surface area (Å²) in [6.07, 6.45) is 0.986. The summed E-state index contributed by atoms with van der Waals surface area (Å²) in [5.74, 6) is 1.01. The highest BCUT2D eigenvalue weighted by molar-refractivity contribution is 5.89. The fourth-order valence-corrected chi connectivity index (χ4v) is 3.11. The van der Waals surface area contributed by atoms with Crippen molar-refractivity contribution in [3.63, 3.8) is 0 Å². The summed E-state index contributed by atoms with van der Waals surface area (Å²) in [4.78, 5) is 0. The predicted octanol–water partition coefficient (Wildman–Crippen LogP) is 5.72. The maximum atomic E-state index is 6.38. The summed E-state index contributed by atoms with van der Waals surface area (Å²) < 4.78 is 6.38. The zero-order valence-corrected chi connectivity index (χ0v) is 12.9. The van der Waals surface area contributed by atoms with Crippen molar-refractivity contribution in [1.82, 2.24) is 0 Å². The largest absolute Gasteiger partial charge is 0.484 e. The summed E-state index contributed by atoms with van der Waals surface area (Å²) in [5, 5.41) is 0. The molecule has 0 fully saturated rings. The van der Waals surface area contributed by atoms with Gasteiger partial charge in [0.1, 0.15) is 11.9 Å². The Hall–Kier alpha value is -2.80. The van der Waals surface area contributed by atoms with Gasteiger partial charge in [-0.2, -0.15) is 0 Å². The molecule has 1 aliphatic heterocycles. The Bertz CT molecular complexity index is 753. The van der Waals surface area contributed by atoms with Crippen molar-refractivity contribution in [2.45, 2.75) is 12.5 Å². The van der Waals surface area contributed by atoms with Crippen LogP contribution < -0.4 is 0 Å². The zero-order chi connectivity index (χ0) is 15.5. The Kier molecular flexibility index (Phi) is 3.69. The van der Waals surface area contributed by atoms with Crippen LogP contribution in [0.2, 0.25) is 0 Å². The highest BCUT2D eigenvalue weighted by Crippen LogP contribution is 2.44. The first-order valence-corrected chi connectivity index (χ1v) is 7.97. The molecule has 0 aliphatic carbocycles. The van der Waals surface area contributed by atoms with Crippen LogP contribution in [0.1, 0.15) is 29.2 Å². The molecule has 1 heteroatoms. The van der Waals surface area contributed by atoms with Crippen LogP contribution in [0, 0.1) is 0 Å². The number of rotatable bonds is 3. The first kappa shape index (κ1) is 13.8. The Morgan fingerprint density at radius 1 is 0.609 bits per heavy atom. The SMILES string of the molecule is c1ccc(C2=C(c3ccccc3)OC(c3ccccc3)C2)cc1. The quantitative estimate of drug-likeness (QED) is 0.601. The van der Waals surface area contributed by atoms with Crippen molar-refractivity contribution in [2.75, 3.05) is 0 Å². The fraction of sp³-hybridized carbons (Fsp3) is 0.0909. The minimum Gasteiger partial charge on any atom is -0.484 e. The van der Waals surface area contributed by atoms with E-state index in [1.807, 2.05) is 12.1 Å². The third-order valence-electron chi connectivity index (χ3n) is 4.25. The van der Waals surface area contributed by atoms with Crippen molar-refractivity contribution >= 4 is 11.3 Å². The van der Waals surface area contributed by atoms with Gasteiger partial charge < -0.3 is 4.74 Å².